The van der Waals surface area contributed by atoms with Gasteiger partial charge in [-0.15, -0.1) is 0 Å². The number of nitrogens with one attached hydrogen (secondary N) is 1. The van der Waals surface area contributed by atoms with Gasteiger partial charge in [0, 0.05) is 54.7 Å². The van der Waals surface area contributed by atoms with Crippen molar-refractivity contribution in [3.8, 4) is 22.5 Å². The predicted octanol–water partition coefficient (Wildman–Crippen LogP) is 8.80. The first kappa shape index (κ1) is 26.5. The Morgan fingerprint density at radius 3 is 2.33 bits per heavy atom. The molecule has 0 atom stereocenters. The number of nitrogens with zero attached hydrogens (tertiary/aromatic N) is 2. The fourth-order valence-corrected chi connectivity index (χ4v) is 5.75. The average molecular weight is 560 g/mol. The molecule has 4 aromatic carbocycles. The lowest BCUT2D eigenvalue weighted by atomic mass is 9.95. The number of anilines is 1. The van der Waals surface area contributed by atoms with Crippen LogP contribution in [0.2, 0.25) is 5.02 Å². The van der Waals surface area contributed by atoms with Crippen LogP contribution in [0.3, 0.4) is 0 Å². The monoisotopic (exact) mass is 559 g/mol. The lowest BCUT2D eigenvalue weighted by Crippen LogP contribution is -2.46. The van der Waals surface area contributed by atoms with Crippen molar-refractivity contribution in [3.05, 3.63) is 113 Å². The lowest BCUT2D eigenvalue weighted by molar-refractivity contribution is -0.137. The summed E-state index contributed by atoms with van der Waals surface area (Å²) in [6.07, 6.45) is -4.34. The van der Waals surface area contributed by atoms with Gasteiger partial charge < -0.3 is 9.88 Å². The van der Waals surface area contributed by atoms with E-state index in [2.05, 4.69) is 59.3 Å². The molecular formula is C33H29ClF3N3. The van der Waals surface area contributed by atoms with Gasteiger partial charge in [-0.3, -0.25) is 4.90 Å². The van der Waals surface area contributed by atoms with E-state index in [0.29, 0.717) is 23.8 Å². The maximum atomic E-state index is 13.3. The second kappa shape index (κ2) is 10.7. The Labute approximate surface area is 236 Å². The van der Waals surface area contributed by atoms with E-state index >= 15 is 0 Å². The number of rotatable bonds is 5. The third kappa shape index (κ3) is 5.34. The summed E-state index contributed by atoms with van der Waals surface area (Å²) in [4.78, 5) is 8.14. The highest BCUT2D eigenvalue weighted by atomic mass is 35.5. The lowest BCUT2D eigenvalue weighted by Gasteiger charge is -2.36. The summed E-state index contributed by atoms with van der Waals surface area (Å²) < 4.78 is 39.8. The molecule has 1 aliphatic rings. The Kier molecular flexibility index (Phi) is 7.07. The van der Waals surface area contributed by atoms with Crippen molar-refractivity contribution >= 4 is 28.1 Å². The van der Waals surface area contributed by atoms with Crippen LogP contribution in [-0.4, -0.2) is 36.1 Å². The van der Waals surface area contributed by atoms with E-state index in [-0.39, 0.29) is 0 Å². The van der Waals surface area contributed by atoms with Gasteiger partial charge in [-0.2, -0.15) is 13.2 Å². The Hall–Kier alpha value is -3.74. The van der Waals surface area contributed by atoms with Gasteiger partial charge in [-0.1, -0.05) is 66.2 Å². The molecule has 1 saturated heterocycles. The van der Waals surface area contributed by atoms with E-state index < -0.39 is 11.7 Å². The van der Waals surface area contributed by atoms with Crippen LogP contribution in [0.1, 0.15) is 16.7 Å². The summed E-state index contributed by atoms with van der Waals surface area (Å²) in [6.45, 7) is 5.72. The van der Waals surface area contributed by atoms with Gasteiger partial charge in [-0.25, -0.2) is 0 Å². The highest BCUT2D eigenvalue weighted by Gasteiger charge is 2.31. The highest BCUT2D eigenvalue weighted by molar-refractivity contribution is 6.30. The molecule has 2 heterocycles. The topological polar surface area (TPSA) is 22.3 Å². The standard InChI is InChI=1S/C33H29ClF3N3/c1-22-9-10-23-5-2-3-8-29(23)31(22)32-25(19-30(38-32)24-11-13-27(34)14-12-24)21-39-15-17-40(18-16-39)28-7-4-6-26(20-28)33(35,36)37/h2-14,19-20,38H,15-18,21H2,1H3. The molecule has 1 N–H and O–H groups in total. The van der Waals surface area contributed by atoms with Crippen molar-refractivity contribution in [3.63, 3.8) is 0 Å². The minimum absolute atomic E-state index is 0.607. The van der Waals surface area contributed by atoms with Crippen LogP contribution in [0.5, 0.6) is 0 Å². The zero-order valence-corrected chi connectivity index (χ0v) is 22.9. The maximum Gasteiger partial charge on any atom is 0.416 e. The fraction of sp³-hybridized carbons (Fsp3) is 0.212. The van der Waals surface area contributed by atoms with Gasteiger partial charge in [0.1, 0.15) is 0 Å². The number of piperazine rings is 1. The third-order valence-corrected chi connectivity index (χ3v) is 8.00. The third-order valence-electron chi connectivity index (χ3n) is 7.75. The maximum absolute atomic E-state index is 13.3. The molecule has 5 aromatic rings. The summed E-state index contributed by atoms with van der Waals surface area (Å²) in [6, 6.07) is 28.4. The molecule has 0 unspecified atom stereocenters. The minimum atomic E-state index is -4.34. The van der Waals surface area contributed by atoms with Crippen molar-refractivity contribution in [2.75, 3.05) is 31.1 Å². The van der Waals surface area contributed by atoms with Crippen molar-refractivity contribution < 1.29 is 13.2 Å². The zero-order valence-electron chi connectivity index (χ0n) is 22.1. The van der Waals surface area contributed by atoms with Gasteiger partial charge in [0.2, 0.25) is 0 Å². The van der Waals surface area contributed by atoms with Gasteiger partial charge >= 0.3 is 6.18 Å². The van der Waals surface area contributed by atoms with E-state index in [1.807, 2.05) is 29.2 Å². The second-order valence-electron chi connectivity index (χ2n) is 10.4. The summed E-state index contributed by atoms with van der Waals surface area (Å²) in [5, 5.41) is 3.08. The summed E-state index contributed by atoms with van der Waals surface area (Å²) >= 11 is 6.16. The molecule has 0 aliphatic carbocycles. The average Bonchev–Trinajstić information content (AvgIpc) is 3.36. The number of hydrogen-bond acceptors (Lipinski definition) is 2. The quantitative estimate of drug-likeness (QED) is 0.232. The summed E-state index contributed by atoms with van der Waals surface area (Å²) in [7, 11) is 0. The van der Waals surface area contributed by atoms with Crippen LogP contribution in [0.15, 0.2) is 91.0 Å². The molecule has 0 saturated carbocycles. The van der Waals surface area contributed by atoms with Crippen molar-refractivity contribution in [2.24, 2.45) is 0 Å². The van der Waals surface area contributed by atoms with Crippen LogP contribution in [-0.2, 0) is 12.7 Å². The van der Waals surface area contributed by atoms with Crippen LogP contribution >= 0.6 is 11.6 Å². The Morgan fingerprint density at radius 2 is 1.57 bits per heavy atom. The van der Waals surface area contributed by atoms with Gasteiger partial charge in [0.15, 0.2) is 0 Å². The molecule has 7 heteroatoms. The number of aryl methyl sites for hydroxylation is 1. The van der Waals surface area contributed by atoms with E-state index in [0.717, 1.165) is 42.7 Å². The Balaban J connectivity index is 1.30. The van der Waals surface area contributed by atoms with Crippen molar-refractivity contribution in [1.29, 1.82) is 0 Å². The molecule has 40 heavy (non-hydrogen) atoms. The molecule has 6 rings (SSSR count). The molecule has 1 aromatic heterocycles. The smallest absolute Gasteiger partial charge is 0.369 e. The summed E-state index contributed by atoms with van der Waals surface area (Å²) in [5.41, 5.74) is 6.77. The normalized spacial score (nSPS) is 14.7. The fourth-order valence-electron chi connectivity index (χ4n) is 5.63. The predicted molar refractivity (Wildman–Crippen MR) is 158 cm³/mol. The van der Waals surface area contributed by atoms with Crippen LogP contribution in [0, 0.1) is 6.92 Å². The van der Waals surface area contributed by atoms with Gasteiger partial charge in [-0.05, 0) is 70.8 Å². The number of halogens is 4. The largest absolute Gasteiger partial charge is 0.416 e. The number of alkyl halides is 3. The first-order chi connectivity index (χ1) is 19.3. The molecule has 0 spiro atoms. The molecule has 204 valence electrons. The zero-order chi connectivity index (χ0) is 27.9. The molecule has 0 amide bonds. The Bertz CT molecular complexity index is 1650. The van der Waals surface area contributed by atoms with Crippen molar-refractivity contribution in [1.82, 2.24) is 9.88 Å². The molecule has 1 aliphatic heterocycles. The van der Waals surface area contributed by atoms with Crippen LogP contribution in [0.25, 0.3) is 33.3 Å². The number of aromatic amines is 1. The van der Waals surface area contributed by atoms with E-state index in [4.69, 9.17) is 11.6 Å². The highest BCUT2D eigenvalue weighted by Crippen LogP contribution is 2.37. The van der Waals surface area contributed by atoms with E-state index in [1.165, 1.54) is 39.6 Å². The van der Waals surface area contributed by atoms with E-state index in [9.17, 15) is 13.2 Å². The summed E-state index contributed by atoms with van der Waals surface area (Å²) in [5.74, 6) is 0. The number of H-pyrrole nitrogens is 1. The molecule has 3 nitrogen and oxygen atoms in total. The van der Waals surface area contributed by atoms with Gasteiger partial charge in [0.05, 0.1) is 11.3 Å². The SMILES string of the molecule is Cc1ccc2ccccc2c1-c1[nH]c(-c2ccc(Cl)cc2)cc1CN1CCN(c2cccc(C(F)(F)F)c2)CC1. The second-order valence-corrected chi connectivity index (χ2v) is 10.8. The number of fused-ring (bicyclic) bond motifs is 1. The van der Waals surface area contributed by atoms with E-state index in [1.54, 1.807) is 6.07 Å². The Morgan fingerprint density at radius 1 is 0.825 bits per heavy atom. The molecule has 0 bridgehead atoms. The van der Waals surface area contributed by atoms with Crippen molar-refractivity contribution in [2.45, 2.75) is 19.6 Å². The first-order valence-corrected chi connectivity index (χ1v) is 13.8. The molecule has 0 radical (unpaired) electrons. The minimum Gasteiger partial charge on any atom is -0.369 e. The molecule has 1 fully saturated rings. The van der Waals surface area contributed by atoms with Crippen LogP contribution < -0.4 is 4.90 Å². The van der Waals surface area contributed by atoms with Gasteiger partial charge in [0.25, 0.3) is 0 Å². The number of hydrogen-bond donors (Lipinski definition) is 1. The van der Waals surface area contributed by atoms with Crippen LogP contribution in [0.4, 0.5) is 18.9 Å². The number of benzene rings is 4. The first-order valence-electron chi connectivity index (χ1n) is 13.4. The molecular weight excluding hydrogens is 531 g/mol. The number of aromatic nitrogens is 1.